The van der Waals surface area contributed by atoms with E-state index in [-0.39, 0.29) is 0 Å². The SMILES string of the molecule is NCCc1c(OCCOc2ccccc2Cl)ccc2ccccc12. The van der Waals surface area contributed by atoms with E-state index in [4.69, 9.17) is 26.8 Å². The number of fused-ring (bicyclic) bond motifs is 1. The lowest BCUT2D eigenvalue weighted by Crippen LogP contribution is -2.11. The van der Waals surface area contributed by atoms with E-state index < -0.39 is 0 Å². The monoisotopic (exact) mass is 341 g/mol. The van der Waals surface area contributed by atoms with E-state index in [1.54, 1.807) is 6.07 Å². The summed E-state index contributed by atoms with van der Waals surface area (Å²) < 4.78 is 11.6. The molecule has 0 bridgehead atoms. The molecule has 0 amide bonds. The highest BCUT2D eigenvalue weighted by atomic mass is 35.5. The molecule has 0 saturated carbocycles. The van der Waals surface area contributed by atoms with Crippen LogP contribution in [0.2, 0.25) is 5.02 Å². The normalized spacial score (nSPS) is 10.8. The third-order valence-corrected chi connectivity index (χ3v) is 4.14. The Morgan fingerprint density at radius 2 is 1.50 bits per heavy atom. The smallest absolute Gasteiger partial charge is 0.138 e. The molecule has 0 fully saturated rings. The molecular formula is C20H20ClNO2. The molecule has 0 unspecified atom stereocenters. The van der Waals surface area contributed by atoms with Gasteiger partial charge in [-0.15, -0.1) is 0 Å². The molecule has 3 nitrogen and oxygen atoms in total. The lowest BCUT2D eigenvalue weighted by molar-refractivity contribution is 0.216. The maximum Gasteiger partial charge on any atom is 0.138 e. The van der Waals surface area contributed by atoms with Gasteiger partial charge < -0.3 is 15.2 Å². The Morgan fingerprint density at radius 1 is 0.792 bits per heavy atom. The first-order valence-corrected chi connectivity index (χ1v) is 8.38. The minimum absolute atomic E-state index is 0.429. The van der Waals surface area contributed by atoms with Gasteiger partial charge in [0.1, 0.15) is 24.7 Å². The Morgan fingerprint density at radius 3 is 2.29 bits per heavy atom. The van der Waals surface area contributed by atoms with Gasteiger partial charge in [-0.2, -0.15) is 0 Å². The number of hydrogen-bond donors (Lipinski definition) is 1. The minimum atomic E-state index is 0.429. The molecule has 3 aromatic rings. The summed E-state index contributed by atoms with van der Waals surface area (Å²) in [6.45, 7) is 1.46. The van der Waals surface area contributed by atoms with Gasteiger partial charge in [0.15, 0.2) is 0 Å². The van der Waals surface area contributed by atoms with Crippen LogP contribution in [0.1, 0.15) is 5.56 Å². The number of hydrogen-bond acceptors (Lipinski definition) is 3. The molecule has 0 saturated heterocycles. The molecule has 4 heteroatoms. The predicted octanol–water partition coefficient (Wildman–Crippen LogP) is 4.45. The van der Waals surface area contributed by atoms with E-state index in [0.717, 1.165) is 17.7 Å². The summed E-state index contributed by atoms with van der Waals surface area (Å²) in [5.41, 5.74) is 6.92. The van der Waals surface area contributed by atoms with Gasteiger partial charge in [0.2, 0.25) is 0 Å². The van der Waals surface area contributed by atoms with Crippen LogP contribution < -0.4 is 15.2 Å². The van der Waals surface area contributed by atoms with Gasteiger partial charge in [-0.05, 0) is 41.9 Å². The standard InChI is InChI=1S/C20H20ClNO2/c21-18-7-3-4-8-20(18)24-14-13-23-19-10-9-15-5-1-2-6-16(15)17(19)11-12-22/h1-10H,11-14,22H2. The topological polar surface area (TPSA) is 44.5 Å². The van der Waals surface area contributed by atoms with Crippen LogP contribution >= 0.6 is 11.6 Å². The van der Waals surface area contributed by atoms with E-state index in [1.165, 1.54) is 10.8 Å². The van der Waals surface area contributed by atoms with Crippen LogP contribution in [-0.4, -0.2) is 19.8 Å². The zero-order valence-electron chi connectivity index (χ0n) is 13.4. The minimum Gasteiger partial charge on any atom is -0.490 e. The Bertz CT molecular complexity index is 820. The molecular weight excluding hydrogens is 322 g/mol. The number of rotatable bonds is 7. The third-order valence-electron chi connectivity index (χ3n) is 3.83. The van der Waals surface area contributed by atoms with Crippen molar-refractivity contribution in [2.24, 2.45) is 5.73 Å². The molecule has 3 aromatic carbocycles. The summed E-state index contributed by atoms with van der Waals surface area (Å²) in [4.78, 5) is 0. The fourth-order valence-corrected chi connectivity index (χ4v) is 2.91. The van der Waals surface area contributed by atoms with Crippen molar-refractivity contribution in [1.82, 2.24) is 0 Å². The first kappa shape index (κ1) is 16.6. The molecule has 0 aromatic heterocycles. The second-order valence-electron chi connectivity index (χ2n) is 5.43. The summed E-state index contributed by atoms with van der Waals surface area (Å²) in [7, 11) is 0. The van der Waals surface area contributed by atoms with Crippen LogP contribution in [0.15, 0.2) is 60.7 Å². The van der Waals surface area contributed by atoms with Gasteiger partial charge in [-0.3, -0.25) is 0 Å². The fraction of sp³-hybridized carbons (Fsp3) is 0.200. The zero-order chi connectivity index (χ0) is 16.8. The number of benzene rings is 3. The molecule has 0 aliphatic rings. The molecule has 3 rings (SSSR count). The van der Waals surface area contributed by atoms with Crippen LogP contribution in [0.3, 0.4) is 0 Å². The van der Waals surface area contributed by atoms with Crippen LogP contribution in [0, 0.1) is 0 Å². The van der Waals surface area contributed by atoms with Crippen molar-refractivity contribution in [2.75, 3.05) is 19.8 Å². The first-order chi connectivity index (χ1) is 11.8. The van der Waals surface area contributed by atoms with E-state index in [0.29, 0.717) is 30.5 Å². The molecule has 0 aliphatic carbocycles. The van der Waals surface area contributed by atoms with Gasteiger partial charge in [0.05, 0.1) is 5.02 Å². The number of ether oxygens (including phenoxy) is 2. The van der Waals surface area contributed by atoms with Crippen molar-refractivity contribution >= 4 is 22.4 Å². The zero-order valence-corrected chi connectivity index (χ0v) is 14.1. The van der Waals surface area contributed by atoms with E-state index in [9.17, 15) is 0 Å². The van der Waals surface area contributed by atoms with Gasteiger partial charge in [-0.1, -0.05) is 54.1 Å². The molecule has 0 radical (unpaired) electrons. The Kier molecular flexibility index (Phi) is 5.57. The highest BCUT2D eigenvalue weighted by Crippen LogP contribution is 2.28. The molecule has 2 N–H and O–H groups in total. The highest BCUT2D eigenvalue weighted by molar-refractivity contribution is 6.32. The summed E-state index contributed by atoms with van der Waals surface area (Å²) in [5.74, 6) is 1.53. The summed E-state index contributed by atoms with van der Waals surface area (Å²) in [6, 6.07) is 19.8. The second kappa shape index (κ2) is 8.04. The Balaban J connectivity index is 1.68. The predicted molar refractivity (Wildman–Crippen MR) is 99.1 cm³/mol. The van der Waals surface area contributed by atoms with Gasteiger partial charge in [0, 0.05) is 5.56 Å². The first-order valence-electron chi connectivity index (χ1n) is 8.00. The van der Waals surface area contributed by atoms with Crippen LogP contribution in [0.25, 0.3) is 10.8 Å². The maximum atomic E-state index is 6.07. The molecule has 0 aliphatic heterocycles. The van der Waals surface area contributed by atoms with E-state index >= 15 is 0 Å². The average Bonchev–Trinajstić information content (AvgIpc) is 2.61. The van der Waals surface area contributed by atoms with Crippen molar-refractivity contribution in [3.8, 4) is 11.5 Å². The van der Waals surface area contributed by atoms with Crippen molar-refractivity contribution in [1.29, 1.82) is 0 Å². The Hall–Kier alpha value is -2.23. The van der Waals surface area contributed by atoms with Crippen molar-refractivity contribution in [3.05, 3.63) is 71.2 Å². The molecule has 124 valence electrons. The molecule has 24 heavy (non-hydrogen) atoms. The quantitative estimate of drug-likeness (QED) is 0.645. The van der Waals surface area contributed by atoms with Crippen molar-refractivity contribution in [3.63, 3.8) is 0 Å². The van der Waals surface area contributed by atoms with Gasteiger partial charge in [-0.25, -0.2) is 0 Å². The van der Waals surface area contributed by atoms with E-state index in [1.807, 2.05) is 36.4 Å². The highest BCUT2D eigenvalue weighted by Gasteiger charge is 2.08. The van der Waals surface area contributed by atoms with E-state index in [2.05, 4.69) is 18.2 Å². The van der Waals surface area contributed by atoms with Crippen molar-refractivity contribution in [2.45, 2.75) is 6.42 Å². The van der Waals surface area contributed by atoms with Gasteiger partial charge >= 0.3 is 0 Å². The number of nitrogens with two attached hydrogens (primary N) is 1. The fourth-order valence-electron chi connectivity index (χ4n) is 2.72. The lowest BCUT2D eigenvalue weighted by atomic mass is 10.0. The summed E-state index contributed by atoms with van der Waals surface area (Å²) in [5, 5.41) is 2.99. The second-order valence-corrected chi connectivity index (χ2v) is 5.84. The van der Waals surface area contributed by atoms with Gasteiger partial charge in [0.25, 0.3) is 0 Å². The van der Waals surface area contributed by atoms with Crippen LogP contribution in [0.5, 0.6) is 11.5 Å². The molecule has 0 atom stereocenters. The summed E-state index contributed by atoms with van der Waals surface area (Å²) >= 11 is 6.07. The molecule has 0 heterocycles. The molecule has 0 spiro atoms. The third kappa shape index (κ3) is 3.81. The number of para-hydroxylation sites is 1. The summed E-state index contributed by atoms with van der Waals surface area (Å²) in [6.07, 6.45) is 0.780. The average molecular weight is 342 g/mol. The number of halogens is 1. The van der Waals surface area contributed by atoms with Crippen LogP contribution in [0.4, 0.5) is 0 Å². The Labute approximate surface area is 147 Å². The van der Waals surface area contributed by atoms with Crippen LogP contribution in [-0.2, 0) is 6.42 Å². The largest absolute Gasteiger partial charge is 0.490 e. The maximum absolute atomic E-state index is 6.07. The lowest BCUT2D eigenvalue weighted by Gasteiger charge is -2.14. The van der Waals surface area contributed by atoms with Crippen molar-refractivity contribution < 1.29 is 9.47 Å².